The normalized spacial score (nSPS) is 33.1. The van der Waals surface area contributed by atoms with Crippen molar-refractivity contribution in [3.05, 3.63) is 12.2 Å². The van der Waals surface area contributed by atoms with Crippen molar-refractivity contribution in [1.29, 1.82) is 0 Å². The van der Waals surface area contributed by atoms with Crippen LogP contribution in [0.4, 0.5) is 0 Å². The van der Waals surface area contributed by atoms with Gasteiger partial charge in [-0.25, -0.2) is 0 Å². The second-order valence-corrected chi connectivity index (χ2v) is 4.93. The average molecular weight is 254 g/mol. The molecule has 0 aromatic carbocycles. The van der Waals surface area contributed by atoms with Crippen molar-refractivity contribution >= 4 is 11.9 Å². The van der Waals surface area contributed by atoms with Gasteiger partial charge in [0.15, 0.2) is 0 Å². The highest BCUT2D eigenvalue weighted by Crippen LogP contribution is 2.39. The zero-order chi connectivity index (χ0) is 13.3. The second-order valence-electron chi connectivity index (χ2n) is 4.93. The first-order chi connectivity index (χ1) is 8.50. The molecule has 0 aliphatic carbocycles. The number of carboxylic acid groups (broad SMARTS) is 1. The Hall–Kier alpha value is -1.40. The molecular weight excluding hydrogens is 236 g/mol. The molecule has 1 amide bonds. The standard InChI is InChI=1S/C12H18N2O4/c1-14(2)6-5-13-11(15)9-7-3-4-8(18-7)10(9)12(16)17/h3-4,7-10H,5-6H2,1-2H3,(H,13,15)(H,16,17)/t7-,8+,9?,10?/m0/s1. The van der Waals surface area contributed by atoms with Crippen LogP contribution in [-0.4, -0.2) is 61.3 Å². The third kappa shape index (κ3) is 2.39. The van der Waals surface area contributed by atoms with Crippen LogP contribution in [0, 0.1) is 11.8 Å². The molecule has 0 radical (unpaired) electrons. The monoisotopic (exact) mass is 254 g/mol. The summed E-state index contributed by atoms with van der Waals surface area (Å²) in [6, 6.07) is 0. The highest BCUT2D eigenvalue weighted by Gasteiger charge is 2.53. The van der Waals surface area contributed by atoms with Gasteiger partial charge in [0, 0.05) is 13.1 Å². The maximum atomic E-state index is 12.0. The van der Waals surface area contributed by atoms with Gasteiger partial charge in [-0.3, -0.25) is 9.59 Å². The highest BCUT2D eigenvalue weighted by molar-refractivity contribution is 5.87. The Morgan fingerprint density at radius 1 is 1.28 bits per heavy atom. The maximum absolute atomic E-state index is 12.0. The van der Waals surface area contributed by atoms with Crippen LogP contribution in [0.3, 0.4) is 0 Å². The van der Waals surface area contributed by atoms with Gasteiger partial charge in [-0.1, -0.05) is 12.2 Å². The Morgan fingerprint density at radius 2 is 1.89 bits per heavy atom. The number of ether oxygens (including phenoxy) is 1. The molecule has 1 fully saturated rings. The maximum Gasteiger partial charge on any atom is 0.310 e. The molecule has 18 heavy (non-hydrogen) atoms. The van der Waals surface area contributed by atoms with Crippen molar-refractivity contribution in [3.8, 4) is 0 Å². The molecule has 2 aliphatic heterocycles. The van der Waals surface area contributed by atoms with Crippen LogP contribution in [-0.2, 0) is 14.3 Å². The molecule has 2 rings (SSSR count). The molecule has 6 heteroatoms. The van der Waals surface area contributed by atoms with Gasteiger partial charge in [0.05, 0.1) is 18.1 Å². The van der Waals surface area contributed by atoms with E-state index in [1.165, 1.54) is 0 Å². The molecule has 0 saturated carbocycles. The largest absolute Gasteiger partial charge is 0.481 e. The van der Waals surface area contributed by atoms with Crippen molar-refractivity contribution in [2.24, 2.45) is 11.8 Å². The number of nitrogens with zero attached hydrogens (tertiary/aromatic N) is 1. The van der Waals surface area contributed by atoms with Crippen LogP contribution >= 0.6 is 0 Å². The summed E-state index contributed by atoms with van der Waals surface area (Å²) < 4.78 is 5.44. The molecule has 1 saturated heterocycles. The number of carbonyl (C=O) groups excluding carboxylic acids is 1. The molecule has 100 valence electrons. The Bertz CT molecular complexity index is 380. The summed E-state index contributed by atoms with van der Waals surface area (Å²) >= 11 is 0. The van der Waals surface area contributed by atoms with Gasteiger partial charge in [0.2, 0.25) is 5.91 Å². The van der Waals surface area contributed by atoms with E-state index in [1.54, 1.807) is 12.2 Å². The Kier molecular flexibility index (Phi) is 3.68. The van der Waals surface area contributed by atoms with Gasteiger partial charge < -0.3 is 20.1 Å². The molecule has 2 aliphatic rings. The van der Waals surface area contributed by atoms with E-state index < -0.39 is 30.0 Å². The van der Waals surface area contributed by atoms with E-state index in [9.17, 15) is 9.59 Å². The van der Waals surface area contributed by atoms with Crippen LogP contribution in [0.25, 0.3) is 0 Å². The number of aliphatic carboxylic acids is 1. The predicted octanol–water partition coefficient (Wildman–Crippen LogP) is -0.682. The van der Waals surface area contributed by atoms with E-state index >= 15 is 0 Å². The molecular formula is C12H18N2O4. The third-order valence-electron chi connectivity index (χ3n) is 3.35. The molecule has 0 aromatic rings. The van der Waals surface area contributed by atoms with E-state index in [0.29, 0.717) is 6.54 Å². The van der Waals surface area contributed by atoms with Gasteiger partial charge in [-0.15, -0.1) is 0 Å². The van der Waals surface area contributed by atoms with Crippen molar-refractivity contribution in [2.75, 3.05) is 27.2 Å². The minimum absolute atomic E-state index is 0.235. The van der Waals surface area contributed by atoms with E-state index in [0.717, 1.165) is 6.54 Å². The Labute approximate surface area is 106 Å². The summed E-state index contributed by atoms with van der Waals surface area (Å²) in [6.07, 6.45) is 2.65. The average Bonchev–Trinajstić information content (AvgIpc) is 2.87. The number of amides is 1. The first-order valence-electron chi connectivity index (χ1n) is 5.99. The summed E-state index contributed by atoms with van der Waals surface area (Å²) in [4.78, 5) is 25.2. The number of rotatable bonds is 5. The molecule has 2 unspecified atom stereocenters. The first kappa shape index (κ1) is 13.0. The Balaban J connectivity index is 1.96. The fourth-order valence-corrected chi connectivity index (χ4v) is 2.44. The lowest BCUT2D eigenvalue weighted by molar-refractivity contribution is -0.146. The SMILES string of the molecule is CN(C)CCNC(=O)C1C(C(=O)O)[C@H]2C=C[C@@H]1O2. The third-order valence-corrected chi connectivity index (χ3v) is 3.35. The van der Waals surface area contributed by atoms with Crippen LogP contribution in [0.5, 0.6) is 0 Å². The first-order valence-corrected chi connectivity index (χ1v) is 5.99. The molecule has 2 N–H and O–H groups in total. The second kappa shape index (κ2) is 5.07. The van der Waals surface area contributed by atoms with Gasteiger partial charge in [-0.2, -0.15) is 0 Å². The number of nitrogens with one attached hydrogen (secondary N) is 1. The molecule has 0 aromatic heterocycles. The molecule has 6 nitrogen and oxygen atoms in total. The van der Waals surface area contributed by atoms with Crippen molar-refractivity contribution in [1.82, 2.24) is 10.2 Å². The van der Waals surface area contributed by atoms with E-state index in [-0.39, 0.29) is 5.91 Å². The van der Waals surface area contributed by atoms with Crippen LogP contribution in [0.15, 0.2) is 12.2 Å². The lowest BCUT2D eigenvalue weighted by Gasteiger charge is -2.21. The van der Waals surface area contributed by atoms with Crippen LogP contribution in [0.2, 0.25) is 0 Å². The topological polar surface area (TPSA) is 78.9 Å². The fraction of sp³-hybridized carbons (Fsp3) is 0.667. The fourth-order valence-electron chi connectivity index (χ4n) is 2.44. The lowest BCUT2D eigenvalue weighted by atomic mass is 9.82. The molecule has 2 bridgehead atoms. The number of hydrogen-bond donors (Lipinski definition) is 2. The van der Waals surface area contributed by atoms with Crippen LogP contribution in [0.1, 0.15) is 0 Å². The molecule has 4 atom stereocenters. The van der Waals surface area contributed by atoms with Crippen LogP contribution < -0.4 is 5.32 Å². The minimum Gasteiger partial charge on any atom is -0.481 e. The number of likely N-dealkylation sites (N-methyl/N-ethyl adjacent to an activating group) is 1. The van der Waals surface area contributed by atoms with Gasteiger partial charge >= 0.3 is 5.97 Å². The van der Waals surface area contributed by atoms with Crippen molar-refractivity contribution < 1.29 is 19.4 Å². The number of hydrogen-bond acceptors (Lipinski definition) is 4. The lowest BCUT2D eigenvalue weighted by Crippen LogP contribution is -2.44. The van der Waals surface area contributed by atoms with E-state index in [4.69, 9.17) is 9.84 Å². The summed E-state index contributed by atoms with van der Waals surface area (Å²) in [5, 5.41) is 11.9. The number of carbonyl (C=O) groups is 2. The minimum atomic E-state index is -0.973. The van der Waals surface area contributed by atoms with Crippen molar-refractivity contribution in [3.63, 3.8) is 0 Å². The summed E-state index contributed by atoms with van der Waals surface area (Å²) in [5.74, 6) is -2.58. The van der Waals surface area contributed by atoms with Gasteiger partial charge in [0.1, 0.15) is 5.92 Å². The number of fused-ring (bicyclic) bond motifs is 2. The zero-order valence-electron chi connectivity index (χ0n) is 10.5. The van der Waals surface area contributed by atoms with Gasteiger partial charge in [0.25, 0.3) is 0 Å². The Morgan fingerprint density at radius 3 is 2.44 bits per heavy atom. The number of carboxylic acids is 1. The summed E-state index contributed by atoms with van der Waals surface area (Å²) in [6.45, 7) is 1.23. The van der Waals surface area contributed by atoms with E-state index in [2.05, 4.69) is 5.32 Å². The predicted molar refractivity (Wildman–Crippen MR) is 64.0 cm³/mol. The zero-order valence-corrected chi connectivity index (χ0v) is 10.5. The quantitative estimate of drug-likeness (QED) is 0.635. The smallest absolute Gasteiger partial charge is 0.310 e. The summed E-state index contributed by atoms with van der Waals surface area (Å²) in [7, 11) is 3.82. The highest BCUT2D eigenvalue weighted by atomic mass is 16.5. The van der Waals surface area contributed by atoms with Gasteiger partial charge in [-0.05, 0) is 14.1 Å². The molecule has 0 spiro atoms. The summed E-state index contributed by atoms with van der Waals surface area (Å²) in [5.41, 5.74) is 0. The molecule has 2 heterocycles. The van der Waals surface area contributed by atoms with E-state index in [1.807, 2.05) is 19.0 Å². The van der Waals surface area contributed by atoms with Crippen molar-refractivity contribution in [2.45, 2.75) is 12.2 Å².